The molecule has 0 spiro atoms. The van der Waals surface area contributed by atoms with Crippen LogP contribution in [0.1, 0.15) is 285 Å². The van der Waals surface area contributed by atoms with Gasteiger partial charge in [0.05, 0.1) is 31.2 Å². The normalized spacial score (nSPS) is 15.3. The van der Waals surface area contributed by atoms with Gasteiger partial charge in [0.25, 0.3) is 0 Å². The van der Waals surface area contributed by atoms with Gasteiger partial charge in [-0.3, -0.25) is 9.59 Å². The highest BCUT2D eigenvalue weighted by Crippen LogP contribution is 2.25. The highest BCUT2D eigenvalue weighted by Gasteiger charge is 2.20. The molecular weight excluding hydrogens is 789 g/mol. The molecule has 0 aliphatic heterocycles. The molecule has 0 aromatic heterocycles. The van der Waals surface area contributed by atoms with E-state index in [2.05, 4.69) is 64.7 Å². The van der Waals surface area contributed by atoms with Crippen molar-refractivity contribution in [1.82, 2.24) is 0 Å². The van der Waals surface area contributed by atoms with E-state index in [-0.39, 0.29) is 29.9 Å². The highest BCUT2D eigenvalue weighted by atomic mass is 16.5. The van der Waals surface area contributed by atoms with Crippen LogP contribution < -0.4 is 0 Å². The van der Waals surface area contributed by atoms with Crippen LogP contribution in [-0.2, 0) is 19.1 Å². The molecule has 4 atom stereocenters. The molecule has 0 aromatic carbocycles. The first-order valence-electron chi connectivity index (χ1n) is 28.1. The Morgan fingerprint density at radius 1 is 0.547 bits per heavy atom. The average molecular weight is 895 g/mol. The number of carbonyl (C=O) groups excluding carboxylic acids is 2. The zero-order valence-electron chi connectivity index (χ0n) is 43.2. The molecule has 0 amide bonds. The lowest BCUT2D eigenvalue weighted by Crippen LogP contribution is -2.19. The molecule has 1 rings (SSSR count). The molecule has 0 heterocycles. The third-order valence-corrected chi connectivity index (χ3v) is 13.7. The van der Waals surface area contributed by atoms with Crippen LogP contribution in [-0.4, -0.2) is 36.4 Å². The van der Waals surface area contributed by atoms with Crippen molar-refractivity contribution in [2.45, 2.75) is 291 Å². The maximum atomic E-state index is 13.1. The summed E-state index contributed by atoms with van der Waals surface area (Å²) in [5.41, 5.74) is 6.09. The number of carbonyl (C=O) groups is 2. The Balaban J connectivity index is 2.52. The molecule has 3 unspecified atom stereocenters. The van der Waals surface area contributed by atoms with E-state index in [4.69, 9.17) is 9.47 Å². The van der Waals surface area contributed by atoms with Crippen molar-refractivity contribution in [2.75, 3.05) is 13.2 Å². The van der Waals surface area contributed by atoms with Crippen LogP contribution in [0.3, 0.4) is 0 Å². The summed E-state index contributed by atoms with van der Waals surface area (Å²) in [6, 6.07) is 0. The first kappa shape index (κ1) is 59.9. The van der Waals surface area contributed by atoms with Crippen molar-refractivity contribution in [3.8, 4) is 0 Å². The van der Waals surface area contributed by atoms with Gasteiger partial charge < -0.3 is 14.6 Å². The Labute approximate surface area is 397 Å². The van der Waals surface area contributed by atoms with Crippen LogP contribution in [0.2, 0.25) is 0 Å². The molecule has 64 heavy (non-hydrogen) atoms. The number of hydrogen-bond donors (Lipinski definition) is 1. The fourth-order valence-corrected chi connectivity index (χ4v) is 9.23. The minimum absolute atomic E-state index is 0.0101. The summed E-state index contributed by atoms with van der Waals surface area (Å²) in [7, 11) is 0. The van der Waals surface area contributed by atoms with E-state index in [0.29, 0.717) is 25.6 Å². The Kier molecular flexibility index (Phi) is 41.9. The minimum Gasteiger partial charge on any atom is -0.465 e. The molecule has 372 valence electrons. The Bertz CT molecular complexity index is 1210. The van der Waals surface area contributed by atoms with E-state index in [1.165, 1.54) is 159 Å². The summed E-state index contributed by atoms with van der Waals surface area (Å²) in [6.45, 7) is 12.1. The van der Waals surface area contributed by atoms with Crippen molar-refractivity contribution in [2.24, 2.45) is 17.8 Å². The molecule has 1 N–H and O–H groups in total. The maximum Gasteiger partial charge on any atom is 0.308 e. The largest absolute Gasteiger partial charge is 0.465 e. The van der Waals surface area contributed by atoms with E-state index in [1.807, 2.05) is 0 Å². The summed E-state index contributed by atoms with van der Waals surface area (Å²) >= 11 is 0. The highest BCUT2D eigenvalue weighted by molar-refractivity contribution is 5.72. The van der Waals surface area contributed by atoms with Gasteiger partial charge in [0.1, 0.15) is 0 Å². The number of allylic oxidation sites excluding steroid dienone is 4. The number of aliphatic hydroxyl groups excluding tert-OH is 1. The molecule has 0 radical (unpaired) electrons. The van der Waals surface area contributed by atoms with Gasteiger partial charge in [0, 0.05) is 5.92 Å². The van der Waals surface area contributed by atoms with Crippen molar-refractivity contribution >= 4 is 11.9 Å². The van der Waals surface area contributed by atoms with Crippen LogP contribution in [0, 0.1) is 17.8 Å². The second-order valence-electron chi connectivity index (χ2n) is 19.9. The van der Waals surface area contributed by atoms with Crippen molar-refractivity contribution in [3.05, 3.63) is 41.2 Å². The number of esters is 2. The number of hydrogen-bond acceptors (Lipinski definition) is 5. The zero-order valence-corrected chi connectivity index (χ0v) is 43.2. The standard InChI is InChI=1S/C59H106O5/c1-6-10-14-18-22-31-41-55(39-29-16-12-8-3)58(61)63-50-34-24-20-21-26-36-53(37-27-25-28-38-54-46-44-52(5)45-47-54)48-49-57(60)43-33-35-51-64-59(62)56(40-30-17-13-9-4)42-32-23-19-15-11-7-2/h44,46-48,54-57,60H,6-43,49-51H2,1-5H3/b53-48-/t54?,55?,56?,57-/m1/s1. The van der Waals surface area contributed by atoms with Crippen molar-refractivity contribution < 1.29 is 24.2 Å². The van der Waals surface area contributed by atoms with E-state index < -0.39 is 0 Å². The summed E-state index contributed by atoms with van der Waals surface area (Å²) in [5, 5.41) is 11.0. The van der Waals surface area contributed by atoms with Gasteiger partial charge in [0.2, 0.25) is 0 Å². The van der Waals surface area contributed by atoms with E-state index in [1.54, 1.807) is 0 Å². The SMILES string of the molecule is CCCCCCCCC(CCCCCC)C(=O)OCCCCCCC/C(=C/C[C@H](O)CCCCOC(=O)C(CCCCCC)CCCCCCCC)CCCCCC1C=C=C(C)C=C1. The van der Waals surface area contributed by atoms with Gasteiger partial charge in [-0.2, -0.15) is 0 Å². The van der Waals surface area contributed by atoms with E-state index in [9.17, 15) is 14.7 Å². The van der Waals surface area contributed by atoms with Crippen LogP contribution in [0.15, 0.2) is 41.2 Å². The molecule has 0 bridgehead atoms. The van der Waals surface area contributed by atoms with Gasteiger partial charge in [-0.15, -0.1) is 5.73 Å². The zero-order chi connectivity index (χ0) is 46.6. The van der Waals surface area contributed by atoms with Gasteiger partial charge >= 0.3 is 11.9 Å². The van der Waals surface area contributed by atoms with Crippen LogP contribution in [0.5, 0.6) is 0 Å². The molecule has 5 heteroatoms. The van der Waals surface area contributed by atoms with E-state index >= 15 is 0 Å². The van der Waals surface area contributed by atoms with Crippen LogP contribution in [0.4, 0.5) is 0 Å². The lowest BCUT2D eigenvalue weighted by molar-refractivity contribution is -0.150. The van der Waals surface area contributed by atoms with Gasteiger partial charge in [0.15, 0.2) is 0 Å². The third-order valence-electron chi connectivity index (χ3n) is 13.7. The topological polar surface area (TPSA) is 72.8 Å². The van der Waals surface area contributed by atoms with Crippen molar-refractivity contribution in [1.29, 1.82) is 0 Å². The smallest absolute Gasteiger partial charge is 0.308 e. The summed E-state index contributed by atoms with van der Waals surface area (Å²) < 4.78 is 11.7. The minimum atomic E-state index is -0.351. The molecule has 0 fully saturated rings. The monoisotopic (exact) mass is 895 g/mol. The summed E-state index contributed by atoms with van der Waals surface area (Å²) in [5.74, 6) is 0.716. The number of ether oxygens (including phenoxy) is 2. The predicted octanol–water partition coefficient (Wildman–Crippen LogP) is 18.2. The first-order valence-corrected chi connectivity index (χ1v) is 28.1. The number of unbranched alkanes of at least 4 members (excludes halogenated alkanes) is 23. The number of rotatable bonds is 47. The van der Waals surface area contributed by atoms with Crippen molar-refractivity contribution in [3.63, 3.8) is 0 Å². The molecule has 1 aliphatic carbocycles. The molecule has 5 nitrogen and oxygen atoms in total. The number of aliphatic hydroxyl groups is 1. The fraction of sp³-hybridized carbons (Fsp3) is 0.847. The van der Waals surface area contributed by atoms with Crippen LogP contribution >= 0.6 is 0 Å². The van der Waals surface area contributed by atoms with Gasteiger partial charge in [-0.05, 0) is 108 Å². The molecule has 0 aromatic rings. The third kappa shape index (κ3) is 36.1. The Morgan fingerprint density at radius 2 is 0.938 bits per heavy atom. The first-order chi connectivity index (χ1) is 31.3. The molecule has 0 saturated heterocycles. The Hall–Kier alpha value is -2.10. The summed E-state index contributed by atoms with van der Waals surface area (Å²) in [4.78, 5) is 26.2. The fourth-order valence-electron chi connectivity index (χ4n) is 9.23. The maximum absolute atomic E-state index is 13.1. The van der Waals surface area contributed by atoms with Crippen LogP contribution in [0.25, 0.3) is 0 Å². The lowest BCUT2D eigenvalue weighted by Gasteiger charge is -2.16. The lowest BCUT2D eigenvalue weighted by atomic mass is 9.94. The quantitative estimate of drug-likeness (QED) is 0.0285. The van der Waals surface area contributed by atoms with E-state index in [0.717, 1.165) is 96.3 Å². The molecule has 1 aliphatic rings. The average Bonchev–Trinajstić information content (AvgIpc) is 3.29. The van der Waals surface area contributed by atoms with Gasteiger partial charge in [-0.1, -0.05) is 212 Å². The molecule has 0 saturated carbocycles. The Morgan fingerprint density at radius 3 is 1.41 bits per heavy atom. The predicted molar refractivity (Wildman–Crippen MR) is 276 cm³/mol. The second-order valence-corrected chi connectivity index (χ2v) is 19.9. The molecular formula is C59H106O5. The second kappa shape index (κ2) is 44.7. The summed E-state index contributed by atoms with van der Waals surface area (Å²) in [6.07, 6.45) is 53.2. The van der Waals surface area contributed by atoms with Gasteiger partial charge in [-0.25, -0.2) is 0 Å².